The zero-order valence-electron chi connectivity index (χ0n) is 11.9. The van der Waals surface area contributed by atoms with Crippen molar-refractivity contribution in [3.8, 4) is 0 Å². The lowest BCUT2D eigenvalue weighted by Crippen LogP contribution is -2.36. The first-order chi connectivity index (χ1) is 8.78. The van der Waals surface area contributed by atoms with E-state index in [0.29, 0.717) is 5.41 Å². The third-order valence-electron chi connectivity index (χ3n) is 4.31. The van der Waals surface area contributed by atoms with E-state index in [9.17, 15) is 0 Å². The van der Waals surface area contributed by atoms with E-state index in [0.717, 1.165) is 6.04 Å². The Morgan fingerprint density at radius 3 is 2.78 bits per heavy atom. The van der Waals surface area contributed by atoms with E-state index < -0.39 is 0 Å². The van der Waals surface area contributed by atoms with Gasteiger partial charge in [0, 0.05) is 12.6 Å². The molecule has 2 rings (SSSR count). The van der Waals surface area contributed by atoms with Gasteiger partial charge in [-0.05, 0) is 59.9 Å². The highest BCUT2D eigenvalue weighted by atomic mass is 32.1. The van der Waals surface area contributed by atoms with E-state index >= 15 is 0 Å². The van der Waals surface area contributed by atoms with Crippen LogP contribution in [0.15, 0.2) is 16.8 Å². The Balaban J connectivity index is 1.97. The molecule has 0 aliphatic heterocycles. The molecule has 0 bridgehead atoms. The molecule has 1 atom stereocenters. The number of thiophene rings is 1. The van der Waals surface area contributed by atoms with Gasteiger partial charge in [-0.25, -0.2) is 0 Å². The van der Waals surface area contributed by atoms with E-state index in [1.54, 1.807) is 0 Å². The maximum absolute atomic E-state index is 3.77. The third kappa shape index (κ3) is 4.10. The number of hydrogen-bond donors (Lipinski definition) is 1. The Labute approximate surface area is 116 Å². The molecule has 18 heavy (non-hydrogen) atoms. The van der Waals surface area contributed by atoms with Gasteiger partial charge in [0.15, 0.2) is 0 Å². The summed E-state index contributed by atoms with van der Waals surface area (Å²) >= 11 is 1.83. The molecular weight excluding hydrogens is 238 g/mol. The first-order valence-corrected chi connectivity index (χ1v) is 8.47. The van der Waals surface area contributed by atoms with Gasteiger partial charge in [0.05, 0.1) is 0 Å². The highest BCUT2D eigenvalue weighted by Crippen LogP contribution is 2.34. The maximum Gasteiger partial charge on any atom is 0.00684 e. The molecule has 1 N–H and O–H groups in total. The molecule has 1 nitrogen and oxygen atoms in total. The summed E-state index contributed by atoms with van der Waals surface area (Å²) < 4.78 is 0. The molecule has 1 aliphatic rings. The maximum atomic E-state index is 3.77. The summed E-state index contributed by atoms with van der Waals surface area (Å²) in [5.74, 6) is 0. The van der Waals surface area contributed by atoms with E-state index in [2.05, 4.69) is 36.0 Å². The Morgan fingerprint density at radius 1 is 1.39 bits per heavy atom. The van der Waals surface area contributed by atoms with E-state index in [4.69, 9.17) is 0 Å². The summed E-state index contributed by atoms with van der Waals surface area (Å²) in [6.07, 6.45) is 9.39. The van der Waals surface area contributed by atoms with Gasteiger partial charge in [0.25, 0.3) is 0 Å². The predicted octanol–water partition coefficient (Wildman–Crippen LogP) is 4.63. The van der Waals surface area contributed by atoms with Crippen LogP contribution >= 0.6 is 11.3 Å². The van der Waals surface area contributed by atoms with Crippen molar-refractivity contribution >= 4 is 11.3 Å². The summed E-state index contributed by atoms with van der Waals surface area (Å²) in [5.41, 5.74) is 2.02. The first kappa shape index (κ1) is 14.1. The molecule has 1 fully saturated rings. The van der Waals surface area contributed by atoms with Crippen LogP contribution in [0.3, 0.4) is 0 Å². The Hall–Kier alpha value is -0.340. The highest BCUT2D eigenvalue weighted by molar-refractivity contribution is 7.07. The SMILES string of the molecule is CCCCC(CC)(CNC1CC1)Cc1ccsc1. The average molecular weight is 265 g/mol. The van der Waals surface area contributed by atoms with Gasteiger partial charge >= 0.3 is 0 Å². The fourth-order valence-electron chi connectivity index (χ4n) is 2.69. The molecule has 2 heteroatoms. The smallest absolute Gasteiger partial charge is 0.00684 e. The van der Waals surface area contributed by atoms with Crippen molar-refractivity contribution in [1.82, 2.24) is 5.32 Å². The summed E-state index contributed by atoms with van der Waals surface area (Å²) in [4.78, 5) is 0. The summed E-state index contributed by atoms with van der Waals surface area (Å²) in [6, 6.07) is 3.14. The van der Waals surface area contributed by atoms with Crippen LogP contribution in [0.1, 0.15) is 57.9 Å². The standard InChI is InChI=1S/C16H27NS/c1-3-5-9-16(4-2,13-17-15-6-7-15)11-14-8-10-18-12-14/h8,10,12,15,17H,3-7,9,11,13H2,1-2H3. The fourth-order valence-corrected chi connectivity index (χ4v) is 3.36. The molecule has 0 amide bonds. The molecule has 0 aromatic carbocycles. The summed E-state index contributed by atoms with van der Waals surface area (Å²) in [6.45, 7) is 5.89. The van der Waals surface area contributed by atoms with Crippen LogP contribution in [-0.2, 0) is 6.42 Å². The Kier molecular flexibility index (Phi) is 5.25. The van der Waals surface area contributed by atoms with Crippen molar-refractivity contribution in [3.05, 3.63) is 22.4 Å². The van der Waals surface area contributed by atoms with Crippen LogP contribution in [0.5, 0.6) is 0 Å². The predicted molar refractivity (Wildman–Crippen MR) is 81.3 cm³/mol. The first-order valence-electron chi connectivity index (χ1n) is 7.52. The van der Waals surface area contributed by atoms with Crippen LogP contribution in [0, 0.1) is 5.41 Å². The lowest BCUT2D eigenvalue weighted by Gasteiger charge is -2.33. The molecule has 1 heterocycles. The van der Waals surface area contributed by atoms with Crippen LogP contribution < -0.4 is 5.32 Å². The van der Waals surface area contributed by atoms with Crippen LogP contribution in [0.4, 0.5) is 0 Å². The van der Waals surface area contributed by atoms with Crippen molar-refractivity contribution < 1.29 is 0 Å². The average Bonchev–Trinajstić information content (AvgIpc) is 3.10. The van der Waals surface area contributed by atoms with Gasteiger partial charge in [-0.15, -0.1) is 0 Å². The quantitative estimate of drug-likeness (QED) is 0.686. The fraction of sp³-hybridized carbons (Fsp3) is 0.750. The van der Waals surface area contributed by atoms with Crippen molar-refractivity contribution in [1.29, 1.82) is 0 Å². The molecule has 0 radical (unpaired) electrons. The molecule has 0 spiro atoms. The second-order valence-corrected chi connectivity index (χ2v) is 6.70. The number of nitrogens with one attached hydrogen (secondary N) is 1. The molecule has 1 saturated carbocycles. The number of hydrogen-bond acceptors (Lipinski definition) is 2. The van der Waals surface area contributed by atoms with Crippen molar-refractivity contribution in [2.75, 3.05) is 6.54 Å². The largest absolute Gasteiger partial charge is 0.313 e. The third-order valence-corrected chi connectivity index (χ3v) is 5.05. The normalized spacial score (nSPS) is 18.8. The Morgan fingerprint density at radius 2 is 2.22 bits per heavy atom. The molecule has 1 aromatic rings. The van der Waals surface area contributed by atoms with Gasteiger partial charge < -0.3 is 5.32 Å². The summed E-state index contributed by atoms with van der Waals surface area (Å²) in [7, 11) is 0. The second-order valence-electron chi connectivity index (χ2n) is 5.92. The van der Waals surface area contributed by atoms with Gasteiger partial charge in [-0.3, -0.25) is 0 Å². The molecule has 1 aliphatic carbocycles. The van der Waals surface area contributed by atoms with E-state index in [1.165, 1.54) is 57.1 Å². The molecule has 0 saturated heterocycles. The highest BCUT2D eigenvalue weighted by Gasteiger charge is 2.31. The van der Waals surface area contributed by atoms with Crippen LogP contribution in [0.25, 0.3) is 0 Å². The minimum absolute atomic E-state index is 0.486. The lowest BCUT2D eigenvalue weighted by atomic mass is 9.75. The van der Waals surface area contributed by atoms with Gasteiger partial charge in [-0.2, -0.15) is 11.3 Å². The summed E-state index contributed by atoms with van der Waals surface area (Å²) in [5, 5.41) is 8.31. The second kappa shape index (κ2) is 6.72. The zero-order valence-corrected chi connectivity index (χ0v) is 12.7. The molecular formula is C16H27NS. The molecule has 1 aromatic heterocycles. The molecule has 102 valence electrons. The van der Waals surface area contributed by atoms with Crippen LogP contribution in [-0.4, -0.2) is 12.6 Å². The molecule has 1 unspecified atom stereocenters. The minimum atomic E-state index is 0.486. The van der Waals surface area contributed by atoms with Gasteiger partial charge in [-0.1, -0.05) is 26.7 Å². The van der Waals surface area contributed by atoms with E-state index in [1.807, 2.05) is 11.3 Å². The topological polar surface area (TPSA) is 12.0 Å². The van der Waals surface area contributed by atoms with Crippen molar-refractivity contribution in [2.24, 2.45) is 5.41 Å². The van der Waals surface area contributed by atoms with Crippen molar-refractivity contribution in [2.45, 2.75) is 64.8 Å². The number of unbranched alkanes of at least 4 members (excludes halogenated alkanes) is 1. The number of rotatable bonds is 9. The van der Waals surface area contributed by atoms with E-state index in [-0.39, 0.29) is 0 Å². The monoisotopic (exact) mass is 265 g/mol. The van der Waals surface area contributed by atoms with Gasteiger partial charge in [0.1, 0.15) is 0 Å². The van der Waals surface area contributed by atoms with Gasteiger partial charge in [0.2, 0.25) is 0 Å². The minimum Gasteiger partial charge on any atom is -0.313 e. The van der Waals surface area contributed by atoms with Crippen molar-refractivity contribution in [3.63, 3.8) is 0 Å². The zero-order chi connectivity index (χ0) is 12.8. The van der Waals surface area contributed by atoms with Crippen LogP contribution in [0.2, 0.25) is 0 Å². The lowest BCUT2D eigenvalue weighted by molar-refractivity contribution is 0.228. The Bertz CT molecular complexity index is 329.